The monoisotopic (exact) mass is 252 g/mol. The van der Waals surface area contributed by atoms with Gasteiger partial charge in [0, 0.05) is 6.04 Å². The molecule has 0 unspecified atom stereocenters. The third-order valence-electron chi connectivity index (χ3n) is 2.28. The van der Waals surface area contributed by atoms with Crippen LogP contribution in [-0.2, 0) is 0 Å². The van der Waals surface area contributed by atoms with Gasteiger partial charge in [-0.2, -0.15) is 0 Å². The average molecular weight is 252 g/mol. The van der Waals surface area contributed by atoms with Gasteiger partial charge >= 0.3 is 0 Å². The normalized spacial score (nSPS) is 12.7. The van der Waals surface area contributed by atoms with Crippen molar-refractivity contribution in [2.75, 3.05) is 0 Å². The van der Waals surface area contributed by atoms with Gasteiger partial charge in [0.15, 0.2) is 0 Å². The summed E-state index contributed by atoms with van der Waals surface area (Å²) in [6, 6.07) is 4.64. The van der Waals surface area contributed by atoms with Gasteiger partial charge in [0.25, 0.3) is 5.22 Å². The number of rotatable bonds is 3. The number of hydrogen-bond donors (Lipinski definition) is 1. The van der Waals surface area contributed by atoms with Crippen molar-refractivity contribution in [2.24, 2.45) is 5.73 Å². The summed E-state index contributed by atoms with van der Waals surface area (Å²) in [5.74, 6) is -0.305. The molecule has 0 saturated heterocycles. The van der Waals surface area contributed by atoms with Crippen molar-refractivity contribution >= 4 is 11.8 Å². The summed E-state index contributed by atoms with van der Waals surface area (Å²) >= 11 is 1.16. The maximum absolute atomic E-state index is 13.8. The summed E-state index contributed by atoms with van der Waals surface area (Å²) in [7, 11) is 0. The first-order valence-electron chi connectivity index (χ1n) is 5.22. The molecule has 0 aliphatic rings. The van der Waals surface area contributed by atoms with Crippen molar-refractivity contribution < 1.29 is 8.81 Å². The molecule has 0 fully saturated rings. The average Bonchev–Trinajstić information content (AvgIpc) is 2.67. The molecule has 1 atom stereocenters. The summed E-state index contributed by atoms with van der Waals surface area (Å²) in [5.41, 5.74) is 7.34. The van der Waals surface area contributed by atoms with E-state index in [0.29, 0.717) is 10.1 Å². The van der Waals surface area contributed by atoms with Crippen LogP contribution in [0.4, 0.5) is 4.39 Å². The lowest BCUT2D eigenvalue weighted by atomic mass is 10.1. The number of halogens is 1. The van der Waals surface area contributed by atoms with E-state index in [9.17, 15) is 4.39 Å². The predicted octanol–water partition coefficient (Wildman–Crippen LogP) is 3.29. The molecule has 2 aromatic rings. The summed E-state index contributed by atoms with van der Waals surface area (Å²) in [4.78, 5) is 4.61. The van der Waals surface area contributed by atoms with E-state index in [1.165, 1.54) is 12.3 Å². The molecule has 17 heavy (non-hydrogen) atoms. The lowest BCUT2D eigenvalue weighted by molar-refractivity contribution is 0.453. The second-order valence-electron chi connectivity index (χ2n) is 3.80. The lowest BCUT2D eigenvalue weighted by Gasteiger charge is -2.11. The maximum atomic E-state index is 13.8. The van der Waals surface area contributed by atoms with E-state index in [4.69, 9.17) is 10.2 Å². The van der Waals surface area contributed by atoms with Crippen LogP contribution in [0.1, 0.15) is 24.2 Å². The van der Waals surface area contributed by atoms with Crippen molar-refractivity contribution in [1.29, 1.82) is 0 Å². The summed E-state index contributed by atoms with van der Waals surface area (Å²) in [5, 5.41) is 0.425. The van der Waals surface area contributed by atoms with Crippen LogP contribution in [0.3, 0.4) is 0 Å². The van der Waals surface area contributed by atoms with E-state index in [0.717, 1.165) is 23.0 Å². The van der Waals surface area contributed by atoms with Gasteiger partial charge in [-0.05, 0) is 37.2 Å². The molecule has 1 heterocycles. The smallest absolute Gasteiger partial charge is 0.260 e. The highest BCUT2D eigenvalue weighted by Gasteiger charge is 2.15. The first-order valence-corrected chi connectivity index (χ1v) is 6.03. The highest BCUT2D eigenvalue weighted by molar-refractivity contribution is 7.99. The molecule has 0 spiro atoms. The standard InChI is InChI=1S/C12H13FN2OS/c1-7-6-16-12(15-7)17-11-9(8(2)14)4-3-5-10(11)13/h3-6,8H,14H2,1-2H3/t8-/m1/s1. The second kappa shape index (κ2) is 4.89. The van der Waals surface area contributed by atoms with Crippen molar-refractivity contribution in [3.8, 4) is 0 Å². The number of benzene rings is 1. The Morgan fingerprint density at radius 3 is 2.82 bits per heavy atom. The number of oxazole rings is 1. The summed E-state index contributed by atoms with van der Waals surface area (Å²) in [6.45, 7) is 3.64. The molecule has 2 rings (SSSR count). The van der Waals surface area contributed by atoms with Gasteiger partial charge in [-0.1, -0.05) is 12.1 Å². The molecular weight excluding hydrogens is 239 g/mol. The number of nitrogens with zero attached hydrogens (tertiary/aromatic N) is 1. The van der Waals surface area contributed by atoms with Crippen molar-refractivity contribution in [3.63, 3.8) is 0 Å². The molecule has 0 bridgehead atoms. The van der Waals surface area contributed by atoms with Crippen LogP contribution in [-0.4, -0.2) is 4.98 Å². The summed E-state index contributed by atoms with van der Waals surface area (Å²) in [6.07, 6.45) is 1.54. The first-order chi connectivity index (χ1) is 8.08. The zero-order chi connectivity index (χ0) is 12.4. The molecular formula is C12H13FN2OS. The van der Waals surface area contributed by atoms with Gasteiger partial charge in [-0.3, -0.25) is 0 Å². The number of aryl methyl sites for hydroxylation is 1. The Morgan fingerprint density at radius 2 is 2.24 bits per heavy atom. The van der Waals surface area contributed by atoms with Crippen molar-refractivity contribution in [3.05, 3.63) is 41.5 Å². The van der Waals surface area contributed by atoms with Crippen LogP contribution in [0.15, 0.2) is 39.0 Å². The minimum atomic E-state index is -0.305. The number of aromatic nitrogens is 1. The molecule has 0 amide bonds. The van der Waals surface area contributed by atoms with E-state index in [-0.39, 0.29) is 11.9 Å². The van der Waals surface area contributed by atoms with Crippen LogP contribution < -0.4 is 5.73 Å². The molecule has 90 valence electrons. The van der Waals surface area contributed by atoms with Crippen LogP contribution in [0.25, 0.3) is 0 Å². The quantitative estimate of drug-likeness (QED) is 0.910. The molecule has 0 aliphatic heterocycles. The zero-order valence-electron chi connectivity index (χ0n) is 9.61. The SMILES string of the molecule is Cc1coc(Sc2c(F)cccc2[C@@H](C)N)n1. The van der Waals surface area contributed by atoms with Crippen molar-refractivity contribution in [2.45, 2.75) is 30.0 Å². The Balaban J connectivity index is 2.37. The van der Waals surface area contributed by atoms with Gasteiger partial charge in [-0.15, -0.1) is 0 Å². The molecule has 0 saturated carbocycles. The van der Waals surface area contributed by atoms with Gasteiger partial charge in [0.05, 0.1) is 10.6 Å². The second-order valence-corrected chi connectivity index (χ2v) is 4.77. The fourth-order valence-electron chi connectivity index (χ4n) is 1.46. The van der Waals surface area contributed by atoms with Crippen LogP contribution in [0.5, 0.6) is 0 Å². The minimum absolute atomic E-state index is 0.232. The topological polar surface area (TPSA) is 52.0 Å². The molecule has 2 N–H and O–H groups in total. The number of hydrogen-bond acceptors (Lipinski definition) is 4. The Labute approximate surface area is 103 Å². The molecule has 5 heteroatoms. The van der Waals surface area contributed by atoms with Crippen LogP contribution in [0, 0.1) is 12.7 Å². The summed E-state index contributed by atoms with van der Waals surface area (Å²) < 4.78 is 19.0. The third-order valence-corrected chi connectivity index (χ3v) is 3.27. The van der Waals surface area contributed by atoms with E-state index >= 15 is 0 Å². The fraction of sp³-hybridized carbons (Fsp3) is 0.250. The van der Waals surface area contributed by atoms with E-state index in [2.05, 4.69) is 4.98 Å². The zero-order valence-corrected chi connectivity index (χ0v) is 10.4. The third kappa shape index (κ3) is 2.68. The molecule has 0 aliphatic carbocycles. The fourth-order valence-corrected chi connectivity index (χ4v) is 2.46. The minimum Gasteiger partial charge on any atom is -0.439 e. The Bertz CT molecular complexity index is 525. The number of nitrogens with two attached hydrogens (primary N) is 1. The van der Waals surface area contributed by atoms with Gasteiger partial charge < -0.3 is 10.2 Å². The van der Waals surface area contributed by atoms with Gasteiger partial charge in [0.2, 0.25) is 0 Å². The van der Waals surface area contributed by atoms with Crippen LogP contribution in [0.2, 0.25) is 0 Å². The van der Waals surface area contributed by atoms with E-state index in [1.54, 1.807) is 6.07 Å². The lowest BCUT2D eigenvalue weighted by Crippen LogP contribution is -2.07. The van der Waals surface area contributed by atoms with Gasteiger partial charge in [0.1, 0.15) is 12.1 Å². The largest absolute Gasteiger partial charge is 0.439 e. The Kier molecular flexibility index (Phi) is 3.49. The van der Waals surface area contributed by atoms with Gasteiger partial charge in [-0.25, -0.2) is 9.37 Å². The van der Waals surface area contributed by atoms with E-state index < -0.39 is 0 Å². The molecule has 3 nitrogen and oxygen atoms in total. The highest BCUT2D eigenvalue weighted by atomic mass is 32.2. The predicted molar refractivity (Wildman–Crippen MR) is 64.4 cm³/mol. The highest BCUT2D eigenvalue weighted by Crippen LogP contribution is 2.34. The Morgan fingerprint density at radius 1 is 1.47 bits per heavy atom. The Hall–Kier alpha value is -1.33. The van der Waals surface area contributed by atoms with Crippen LogP contribution >= 0.6 is 11.8 Å². The molecule has 0 radical (unpaired) electrons. The molecule has 1 aromatic carbocycles. The van der Waals surface area contributed by atoms with Crippen molar-refractivity contribution in [1.82, 2.24) is 4.98 Å². The first kappa shape index (κ1) is 12.1. The maximum Gasteiger partial charge on any atom is 0.260 e. The van der Waals surface area contributed by atoms with E-state index in [1.807, 2.05) is 19.9 Å². The molecule has 1 aromatic heterocycles.